The Kier molecular flexibility index (Phi) is 5.45. The van der Waals surface area contributed by atoms with E-state index in [9.17, 15) is 4.79 Å². The number of benzene rings is 1. The summed E-state index contributed by atoms with van der Waals surface area (Å²) in [5.74, 6) is -0.208. The normalized spacial score (nSPS) is 12.1. The van der Waals surface area contributed by atoms with Gasteiger partial charge in [0.25, 0.3) is 5.91 Å². The Balaban J connectivity index is 1.87. The molecule has 6 heteroatoms. The van der Waals surface area contributed by atoms with Crippen LogP contribution in [-0.2, 0) is 4.79 Å². The molecule has 0 bridgehead atoms. The van der Waals surface area contributed by atoms with E-state index in [0.29, 0.717) is 0 Å². The molecule has 0 spiro atoms. The second kappa shape index (κ2) is 7.54. The summed E-state index contributed by atoms with van der Waals surface area (Å²) >= 11 is 3.39. The Morgan fingerprint density at radius 2 is 2.10 bits per heavy atom. The third-order valence-electron chi connectivity index (χ3n) is 2.70. The van der Waals surface area contributed by atoms with Gasteiger partial charge in [0.05, 0.1) is 6.21 Å². The molecular weight excluding hydrogens is 332 g/mol. The molecule has 0 aliphatic rings. The first-order valence-corrected chi connectivity index (χ1v) is 7.19. The topological polar surface area (TPSA) is 66.4 Å². The van der Waals surface area contributed by atoms with Crippen LogP contribution in [0.15, 0.2) is 58.4 Å². The third-order valence-corrected chi connectivity index (χ3v) is 3.19. The van der Waals surface area contributed by atoms with Crippen LogP contribution < -0.4 is 10.7 Å². The van der Waals surface area contributed by atoms with E-state index in [0.717, 1.165) is 15.7 Å². The fraction of sp³-hybridized carbons (Fsp3) is 0.133. The van der Waals surface area contributed by atoms with Gasteiger partial charge >= 0.3 is 0 Å². The summed E-state index contributed by atoms with van der Waals surface area (Å²) in [5.41, 5.74) is 4.24. The number of amides is 1. The number of carbonyl (C=O) groups excluding carboxylic acids is 1. The standard InChI is InChI=1S/C15H15BrN4O/c1-11(19-14-4-2-3-13(16)9-14)15(21)20-18-10-12-5-7-17-8-6-12/h2-11,19H,1H3,(H,20,21)/t11-/m1/s1. The van der Waals surface area contributed by atoms with Gasteiger partial charge in [0.2, 0.25) is 0 Å². The minimum atomic E-state index is -0.395. The van der Waals surface area contributed by atoms with E-state index in [-0.39, 0.29) is 5.91 Å². The maximum atomic E-state index is 11.9. The van der Waals surface area contributed by atoms with Gasteiger partial charge in [-0.3, -0.25) is 9.78 Å². The van der Waals surface area contributed by atoms with Crippen molar-refractivity contribution in [1.29, 1.82) is 0 Å². The zero-order valence-corrected chi connectivity index (χ0v) is 13.0. The van der Waals surface area contributed by atoms with Gasteiger partial charge in [-0.2, -0.15) is 5.10 Å². The summed E-state index contributed by atoms with van der Waals surface area (Å²) in [5, 5.41) is 7.03. The van der Waals surface area contributed by atoms with E-state index in [2.05, 4.69) is 36.8 Å². The summed E-state index contributed by atoms with van der Waals surface area (Å²) in [6.45, 7) is 1.78. The second-order valence-corrected chi connectivity index (χ2v) is 5.31. The first-order chi connectivity index (χ1) is 10.1. The molecule has 1 aromatic carbocycles. The van der Waals surface area contributed by atoms with E-state index in [1.807, 2.05) is 24.3 Å². The average molecular weight is 347 g/mol. The van der Waals surface area contributed by atoms with Crippen molar-refractivity contribution < 1.29 is 4.79 Å². The van der Waals surface area contributed by atoms with Crippen molar-refractivity contribution in [3.8, 4) is 0 Å². The van der Waals surface area contributed by atoms with Crippen molar-refractivity contribution >= 4 is 33.7 Å². The molecule has 0 radical (unpaired) electrons. The van der Waals surface area contributed by atoms with Gasteiger partial charge in [0, 0.05) is 22.6 Å². The van der Waals surface area contributed by atoms with Gasteiger partial charge in [0.15, 0.2) is 0 Å². The summed E-state index contributed by atoms with van der Waals surface area (Å²) in [4.78, 5) is 15.8. The number of hydrazone groups is 1. The van der Waals surface area contributed by atoms with Crippen molar-refractivity contribution in [1.82, 2.24) is 10.4 Å². The molecule has 1 aromatic heterocycles. The van der Waals surface area contributed by atoms with Gasteiger partial charge in [-0.25, -0.2) is 5.43 Å². The predicted molar refractivity (Wildman–Crippen MR) is 87.2 cm³/mol. The van der Waals surface area contributed by atoms with Crippen molar-refractivity contribution in [3.63, 3.8) is 0 Å². The van der Waals surface area contributed by atoms with Crippen LogP contribution in [0.2, 0.25) is 0 Å². The molecule has 108 valence electrons. The zero-order valence-electron chi connectivity index (χ0n) is 11.5. The molecule has 2 rings (SSSR count). The molecule has 1 heterocycles. The molecule has 2 N–H and O–H groups in total. The smallest absolute Gasteiger partial charge is 0.262 e. The zero-order chi connectivity index (χ0) is 15.1. The Morgan fingerprint density at radius 1 is 1.33 bits per heavy atom. The molecule has 0 fully saturated rings. The minimum absolute atomic E-state index is 0.208. The van der Waals surface area contributed by atoms with Crippen LogP contribution in [0.5, 0.6) is 0 Å². The number of halogens is 1. The van der Waals surface area contributed by atoms with Crippen LogP contribution in [-0.4, -0.2) is 23.1 Å². The van der Waals surface area contributed by atoms with Crippen LogP contribution in [0.25, 0.3) is 0 Å². The van der Waals surface area contributed by atoms with Crippen molar-refractivity contribution in [2.24, 2.45) is 5.10 Å². The number of aromatic nitrogens is 1. The maximum absolute atomic E-state index is 11.9. The van der Waals surface area contributed by atoms with E-state index in [1.165, 1.54) is 0 Å². The number of anilines is 1. The minimum Gasteiger partial charge on any atom is -0.374 e. The highest BCUT2D eigenvalue weighted by molar-refractivity contribution is 9.10. The van der Waals surface area contributed by atoms with E-state index in [4.69, 9.17) is 0 Å². The third kappa shape index (κ3) is 5.00. The molecule has 0 aliphatic carbocycles. The van der Waals surface area contributed by atoms with Crippen molar-refractivity contribution in [3.05, 3.63) is 58.8 Å². The number of pyridine rings is 1. The maximum Gasteiger partial charge on any atom is 0.262 e. The van der Waals surface area contributed by atoms with E-state index < -0.39 is 6.04 Å². The summed E-state index contributed by atoms with van der Waals surface area (Å²) in [6, 6.07) is 10.8. The van der Waals surface area contributed by atoms with Gasteiger partial charge in [-0.05, 0) is 42.8 Å². The van der Waals surface area contributed by atoms with Gasteiger partial charge < -0.3 is 5.32 Å². The quantitative estimate of drug-likeness (QED) is 0.646. The first-order valence-electron chi connectivity index (χ1n) is 6.40. The molecule has 5 nitrogen and oxygen atoms in total. The monoisotopic (exact) mass is 346 g/mol. The van der Waals surface area contributed by atoms with Crippen LogP contribution in [0.3, 0.4) is 0 Å². The highest BCUT2D eigenvalue weighted by Gasteiger charge is 2.11. The highest BCUT2D eigenvalue weighted by atomic mass is 79.9. The molecule has 2 aromatic rings. The number of hydrogen-bond acceptors (Lipinski definition) is 4. The van der Waals surface area contributed by atoms with Crippen molar-refractivity contribution in [2.75, 3.05) is 5.32 Å². The lowest BCUT2D eigenvalue weighted by Gasteiger charge is -2.13. The van der Waals surface area contributed by atoms with Crippen LogP contribution in [0.1, 0.15) is 12.5 Å². The Hall–Kier alpha value is -2.21. The second-order valence-electron chi connectivity index (χ2n) is 4.39. The summed E-state index contributed by atoms with van der Waals surface area (Å²) < 4.78 is 0.954. The van der Waals surface area contributed by atoms with Gasteiger partial charge in [-0.15, -0.1) is 0 Å². The largest absolute Gasteiger partial charge is 0.374 e. The SMILES string of the molecule is C[C@@H](Nc1cccc(Br)c1)C(=O)NN=Cc1ccncc1. The number of rotatable bonds is 5. The van der Waals surface area contributed by atoms with Gasteiger partial charge in [0.1, 0.15) is 6.04 Å². The van der Waals surface area contributed by atoms with Crippen LogP contribution in [0, 0.1) is 0 Å². The Morgan fingerprint density at radius 3 is 2.81 bits per heavy atom. The fourth-order valence-corrected chi connectivity index (χ4v) is 2.01. The molecule has 1 amide bonds. The summed E-state index contributed by atoms with van der Waals surface area (Å²) in [6.07, 6.45) is 4.91. The molecule has 0 saturated heterocycles. The summed E-state index contributed by atoms with van der Waals surface area (Å²) in [7, 11) is 0. The lowest BCUT2D eigenvalue weighted by atomic mass is 10.2. The van der Waals surface area contributed by atoms with Gasteiger partial charge in [-0.1, -0.05) is 22.0 Å². The highest BCUT2D eigenvalue weighted by Crippen LogP contribution is 2.16. The lowest BCUT2D eigenvalue weighted by molar-refractivity contribution is -0.121. The molecule has 0 unspecified atom stereocenters. The van der Waals surface area contributed by atoms with Crippen LogP contribution in [0.4, 0.5) is 5.69 Å². The molecule has 21 heavy (non-hydrogen) atoms. The number of nitrogens with one attached hydrogen (secondary N) is 2. The molecule has 0 aliphatic heterocycles. The van der Waals surface area contributed by atoms with E-state index >= 15 is 0 Å². The number of carbonyl (C=O) groups is 1. The van der Waals surface area contributed by atoms with Crippen LogP contribution >= 0.6 is 15.9 Å². The number of nitrogens with zero attached hydrogens (tertiary/aromatic N) is 2. The Labute approximate surface area is 131 Å². The van der Waals surface area contributed by atoms with Crippen molar-refractivity contribution in [2.45, 2.75) is 13.0 Å². The Bertz CT molecular complexity index is 631. The molecular formula is C15H15BrN4O. The number of hydrogen-bond donors (Lipinski definition) is 2. The molecule has 1 atom stereocenters. The molecule has 0 saturated carbocycles. The lowest BCUT2D eigenvalue weighted by Crippen LogP contribution is -2.34. The van der Waals surface area contributed by atoms with E-state index in [1.54, 1.807) is 37.7 Å². The fourth-order valence-electron chi connectivity index (χ4n) is 1.61. The first kappa shape index (κ1) is 15.2. The predicted octanol–water partition coefficient (Wildman–Crippen LogP) is 2.79. The average Bonchev–Trinajstić information content (AvgIpc) is 2.48.